The first-order valence-electron chi connectivity index (χ1n) is 5.72. The van der Waals surface area contributed by atoms with Crippen LogP contribution in [0.1, 0.15) is 0 Å². The fourth-order valence-electron chi connectivity index (χ4n) is 1.93. The van der Waals surface area contributed by atoms with Gasteiger partial charge in [-0.3, -0.25) is 0 Å². The minimum atomic E-state index is -0.537. The molecule has 0 radical (unpaired) electrons. The van der Waals surface area contributed by atoms with Crippen molar-refractivity contribution in [1.29, 1.82) is 0 Å². The predicted molar refractivity (Wildman–Crippen MR) is 71.1 cm³/mol. The van der Waals surface area contributed by atoms with Crippen LogP contribution in [0.2, 0.25) is 0 Å². The number of phenols is 3. The number of aromatic hydroxyl groups is 3. The van der Waals surface area contributed by atoms with Crippen molar-refractivity contribution in [3.05, 3.63) is 48.5 Å². The van der Waals surface area contributed by atoms with E-state index < -0.39 is 17.2 Å². The molecule has 2 aromatic carbocycles. The summed E-state index contributed by atoms with van der Waals surface area (Å²) in [6.45, 7) is 0. The van der Waals surface area contributed by atoms with E-state index in [2.05, 4.69) is 0 Å². The van der Waals surface area contributed by atoms with Crippen molar-refractivity contribution in [3.63, 3.8) is 0 Å². The summed E-state index contributed by atoms with van der Waals surface area (Å²) in [6, 6.07) is 13.8. The predicted octanol–water partition coefficient (Wildman–Crippen LogP) is 3.50. The van der Waals surface area contributed by atoms with E-state index in [1.165, 1.54) is 12.1 Å². The summed E-state index contributed by atoms with van der Waals surface area (Å²) in [7, 11) is 0. The van der Waals surface area contributed by atoms with Gasteiger partial charge in [-0.15, -0.1) is 0 Å². The number of fused-ring (bicyclic) bond motifs is 1. The molecule has 3 N–H and O–H groups in total. The van der Waals surface area contributed by atoms with Crippen LogP contribution in [0.3, 0.4) is 0 Å². The van der Waals surface area contributed by atoms with E-state index >= 15 is 0 Å². The molecule has 0 unspecified atom stereocenters. The summed E-state index contributed by atoms with van der Waals surface area (Å²) in [6.07, 6.45) is 0. The molecule has 94 valence electrons. The maximum atomic E-state index is 9.50. The van der Waals surface area contributed by atoms with E-state index in [0.717, 1.165) is 5.39 Å². The fraction of sp³-hybridized carbons (Fsp3) is 0. The molecule has 0 saturated heterocycles. The zero-order valence-corrected chi connectivity index (χ0v) is 9.87. The third kappa shape index (κ3) is 1.93. The molecule has 0 amide bonds. The monoisotopic (exact) mass is 255 g/mol. The smallest absolute Gasteiger partial charge is 0.361 e. The number of phenolic OH excluding ortho intramolecular Hbond substituents is 3. The molecule has 3 rings (SSSR count). The first-order valence-corrected chi connectivity index (χ1v) is 5.72. The van der Waals surface area contributed by atoms with Gasteiger partial charge in [0.2, 0.25) is 0 Å². The van der Waals surface area contributed by atoms with E-state index in [1.54, 1.807) is 6.07 Å². The summed E-state index contributed by atoms with van der Waals surface area (Å²) < 4.78 is 5.69. The van der Waals surface area contributed by atoms with Gasteiger partial charge in [-0.1, -0.05) is 12.1 Å². The third-order valence-corrected chi connectivity index (χ3v) is 2.91. The molecule has 0 aliphatic carbocycles. The van der Waals surface area contributed by atoms with Gasteiger partial charge in [0.1, 0.15) is 0 Å². The maximum absolute atomic E-state index is 9.50. The molecule has 0 aliphatic heterocycles. The second kappa shape index (κ2) is 4.17. The molecule has 0 spiro atoms. The van der Waals surface area contributed by atoms with Gasteiger partial charge in [0.25, 0.3) is 0 Å². The van der Waals surface area contributed by atoms with Crippen LogP contribution in [0.5, 0.6) is 17.2 Å². The van der Waals surface area contributed by atoms with E-state index in [4.69, 9.17) is 4.42 Å². The maximum Gasteiger partial charge on any atom is 0.361 e. The van der Waals surface area contributed by atoms with Gasteiger partial charge in [-0.25, -0.2) is 4.42 Å². The zero-order chi connectivity index (χ0) is 13.4. The Hall–Kier alpha value is -2.75. The van der Waals surface area contributed by atoms with Crippen molar-refractivity contribution in [1.82, 2.24) is 0 Å². The van der Waals surface area contributed by atoms with Gasteiger partial charge in [0.05, 0.1) is 10.9 Å². The van der Waals surface area contributed by atoms with Crippen molar-refractivity contribution < 1.29 is 19.7 Å². The van der Waals surface area contributed by atoms with Crippen LogP contribution in [0.4, 0.5) is 0 Å². The lowest BCUT2D eigenvalue weighted by molar-refractivity contribution is 0.368. The van der Waals surface area contributed by atoms with E-state index in [1.807, 2.05) is 30.3 Å². The normalized spacial score (nSPS) is 10.7. The van der Waals surface area contributed by atoms with Crippen molar-refractivity contribution in [3.8, 4) is 28.6 Å². The van der Waals surface area contributed by atoms with Crippen LogP contribution in [0.15, 0.2) is 52.9 Å². The van der Waals surface area contributed by atoms with Crippen molar-refractivity contribution in [2.45, 2.75) is 0 Å². The second-order valence-electron chi connectivity index (χ2n) is 4.20. The Bertz CT molecular complexity index is 742. The van der Waals surface area contributed by atoms with Crippen LogP contribution in [0.25, 0.3) is 22.3 Å². The zero-order valence-electron chi connectivity index (χ0n) is 9.87. The number of rotatable bonds is 1. The van der Waals surface area contributed by atoms with Gasteiger partial charge >= 0.3 is 11.3 Å². The lowest BCUT2D eigenvalue weighted by atomic mass is 10.1. The minimum Gasteiger partial charge on any atom is -0.504 e. The van der Waals surface area contributed by atoms with Gasteiger partial charge in [-0.05, 0) is 12.1 Å². The lowest BCUT2D eigenvalue weighted by Gasteiger charge is -2.01. The fourth-order valence-corrected chi connectivity index (χ4v) is 1.93. The van der Waals surface area contributed by atoms with Crippen molar-refractivity contribution in [2.75, 3.05) is 0 Å². The van der Waals surface area contributed by atoms with Crippen LogP contribution in [-0.4, -0.2) is 15.3 Å². The molecule has 1 aromatic heterocycles. The van der Waals surface area contributed by atoms with Gasteiger partial charge < -0.3 is 15.3 Å². The standard InChI is InChI=1S/C15H10O4/c16-11-7-10(8-12(17)15(11)18)14-6-5-9-3-1-2-4-13(9)19-14/h1-8H,(H2-,16,17,18)/p+1. The largest absolute Gasteiger partial charge is 0.504 e. The number of benzene rings is 2. The van der Waals surface area contributed by atoms with Gasteiger partial charge in [0.15, 0.2) is 17.2 Å². The Balaban J connectivity index is 2.19. The first-order chi connectivity index (χ1) is 9.15. The van der Waals surface area contributed by atoms with E-state index in [0.29, 0.717) is 16.9 Å². The molecule has 19 heavy (non-hydrogen) atoms. The van der Waals surface area contributed by atoms with Gasteiger partial charge in [0, 0.05) is 24.3 Å². The highest BCUT2D eigenvalue weighted by atomic mass is 16.3. The average Bonchev–Trinajstić information content (AvgIpc) is 2.43. The molecule has 1 heterocycles. The highest BCUT2D eigenvalue weighted by molar-refractivity contribution is 5.79. The second-order valence-corrected chi connectivity index (χ2v) is 4.20. The summed E-state index contributed by atoms with van der Waals surface area (Å²) in [5.74, 6) is -0.828. The van der Waals surface area contributed by atoms with E-state index in [-0.39, 0.29) is 0 Å². The Morgan fingerprint density at radius 3 is 2.21 bits per heavy atom. The first kappa shape index (κ1) is 11.3. The Morgan fingerprint density at radius 2 is 1.47 bits per heavy atom. The highest BCUT2D eigenvalue weighted by Crippen LogP contribution is 2.39. The molecular weight excluding hydrogens is 244 g/mol. The SMILES string of the molecule is Oc1cc(-c2ccc3ccccc3[o+]2)cc(O)c1O. The molecule has 0 bridgehead atoms. The minimum absolute atomic E-state index is 0.390. The molecule has 4 nitrogen and oxygen atoms in total. The molecule has 3 aromatic rings. The van der Waals surface area contributed by atoms with Crippen LogP contribution in [-0.2, 0) is 0 Å². The van der Waals surface area contributed by atoms with Crippen LogP contribution in [0, 0.1) is 0 Å². The summed E-state index contributed by atoms with van der Waals surface area (Å²) in [5, 5.41) is 29.3. The lowest BCUT2D eigenvalue weighted by Crippen LogP contribution is -1.80. The molecule has 0 aliphatic rings. The summed E-state index contributed by atoms with van der Waals surface area (Å²) in [5.41, 5.74) is 1.19. The number of para-hydroxylation sites is 1. The van der Waals surface area contributed by atoms with Crippen molar-refractivity contribution >= 4 is 11.0 Å². The van der Waals surface area contributed by atoms with Gasteiger partial charge in [-0.2, -0.15) is 0 Å². The Morgan fingerprint density at radius 1 is 0.789 bits per heavy atom. The Kier molecular flexibility index (Phi) is 2.49. The number of hydrogen-bond donors (Lipinski definition) is 3. The molecule has 0 atom stereocenters. The number of hydrogen-bond acceptors (Lipinski definition) is 3. The van der Waals surface area contributed by atoms with Crippen LogP contribution < -0.4 is 0 Å². The Labute approximate surface area is 108 Å². The summed E-state index contributed by atoms with van der Waals surface area (Å²) in [4.78, 5) is 0. The molecule has 4 heteroatoms. The molecule has 0 saturated carbocycles. The quantitative estimate of drug-likeness (QED) is 0.459. The molecular formula is C15H11O4+. The van der Waals surface area contributed by atoms with Crippen LogP contribution >= 0.6 is 0 Å². The highest BCUT2D eigenvalue weighted by Gasteiger charge is 2.18. The summed E-state index contributed by atoms with van der Waals surface area (Å²) >= 11 is 0. The van der Waals surface area contributed by atoms with Crippen molar-refractivity contribution in [2.24, 2.45) is 0 Å². The third-order valence-electron chi connectivity index (χ3n) is 2.91. The average molecular weight is 255 g/mol. The van der Waals surface area contributed by atoms with E-state index in [9.17, 15) is 15.3 Å². The topological polar surface area (TPSA) is 72.0 Å². The molecule has 0 fully saturated rings.